The van der Waals surface area contributed by atoms with Crippen LogP contribution in [0.25, 0.3) is 11.0 Å². The maximum atomic E-state index is 11.1. The van der Waals surface area contributed by atoms with Crippen LogP contribution < -0.4 is 5.32 Å². The van der Waals surface area contributed by atoms with Crippen LogP contribution in [-0.2, 0) is 4.79 Å². The van der Waals surface area contributed by atoms with Crippen LogP contribution in [0.3, 0.4) is 0 Å². The SMILES string of the molecule is O=C1CCC(n2nnc3ccccc32)N1. The van der Waals surface area contributed by atoms with Gasteiger partial charge in [0.05, 0.1) is 5.52 Å². The van der Waals surface area contributed by atoms with Crippen molar-refractivity contribution < 1.29 is 4.79 Å². The summed E-state index contributed by atoms with van der Waals surface area (Å²) in [5, 5.41) is 11.0. The van der Waals surface area contributed by atoms with Gasteiger partial charge >= 0.3 is 0 Å². The predicted molar refractivity (Wildman–Crippen MR) is 53.9 cm³/mol. The number of hydrogen-bond acceptors (Lipinski definition) is 3. The van der Waals surface area contributed by atoms with E-state index >= 15 is 0 Å². The van der Waals surface area contributed by atoms with Gasteiger partial charge in [-0.15, -0.1) is 5.10 Å². The molecule has 0 bridgehead atoms. The molecule has 2 heterocycles. The van der Waals surface area contributed by atoms with Crippen molar-refractivity contribution in [2.75, 3.05) is 0 Å². The van der Waals surface area contributed by atoms with E-state index in [1.165, 1.54) is 0 Å². The number of para-hydroxylation sites is 1. The molecule has 1 fully saturated rings. The quantitative estimate of drug-likeness (QED) is 0.745. The Balaban J connectivity index is 2.07. The first-order valence-electron chi connectivity index (χ1n) is 4.94. The fourth-order valence-corrected chi connectivity index (χ4v) is 1.90. The lowest BCUT2D eigenvalue weighted by molar-refractivity contribution is -0.119. The Labute approximate surface area is 86.1 Å². The molecule has 3 rings (SSSR count). The molecule has 5 heteroatoms. The number of aromatic nitrogens is 3. The molecule has 1 aromatic carbocycles. The molecule has 1 atom stereocenters. The summed E-state index contributed by atoms with van der Waals surface area (Å²) >= 11 is 0. The molecule has 0 spiro atoms. The van der Waals surface area contributed by atoms with Gasteiger partial charge in [0.2, 0.25) is 5.91 Å². The van der Waals surface area contributed by atoms with E-state index in [2.05, 4.69) is 15.6 Å². The van der Waals surface area contributed by atoms with Crippen LogP contribution in [0.1, 0.15) is 19.0 Å². The second-order valence-electron chi connectivity index (χ2n) is 3.64. The van der Waals surface area contributed by atoms with E-state index in [-0.39, 0.29) is 12.1 Å². The van der Waals surface area contributed by atoms with Gasteiger partial charge in [-0.05, 0) is 18.6 Å². The Morgan fingerprint density at radius 2 is 2.27 bits per heavy atom. The lowest BCUT2D eigenvalue weighted by Gasteiger charge is -2.09. The van der Waals surface area contributed by atoms with Crippen LogP contribution in [-0.4, -0.2) is 20.9 Å². The van der Waals surface area contributed by atoms with Crippen LogP contribution >= 0.6 is 0 Å². The van der Waals surface area contributed by atoms with E-state index in [4.69, 9.17) is 0 Å². The molecule has 1 aliphatic rings. The number of nitrogens with one attached hydrogen (secondary N) is 1. The summed E-state index contributed by atoms with van der Waals surface area (Å²) in [4.78, 5) is 11.1. The molecular weight excluding hydrogens is 192 g/mol. The number of benzene rings is 1. The standard InChI is InChI=1S/C10H10N4O/c15-10-6-5-9(11-10)14-8-4-2-1-3-7(8)12-13-14/h1-4,9H,5-6H2,(H,11,15). The molecule has 1 amide bonds. The van der Waals surface area contributed by atoms with E-state index < -0.39 is 0 Å². The molecule has 1 aromatic heterocycles. The van der Waals surface area contributed by atoms with Crippen LogP contribution in [0, 0.1) is 0 Å². The summed E-state index contributed by atoms with van der Waals surface area (Å²) in [5.41, 5.74) is 1.82. The van der Waals surface area contributed by atoms with Crippen molar-refractivity contribution in [3.05, 3.63) is 24.3 Å². The molecular formula is C10H10N4O. The van der Waals surface area contributed by atoms with Gasteiger partial charge in [-0.25, -0.2) is 4.68 Å². The Hall–Kier alpha value is -1.91. The monoisotopic (exact) mass is 202 g/mol. The number of rotatable bonds is 1. The van der Waals surface area contributed by atoms with Crippen LogP contribution in [0.4, 0.5) is 0 Å². The molecule has 0 saturated carbocycles. The van der Waals surface area contributed by atoms with Crippen molar-refractivity contribution >= 4 is 16.9 Å². The highest BCUT2D eigenvalue weighted by Crippen LogP contribution is 2.20. The molecule has 1 unspecified atom stereocenters. The second-order valence-corrected chi connectivity index (χ2v) is 3.64. The zero-order chi connectivity index (χ0) is 10.3. The van der Waals surface area contributed by atoms with Gasteiger partial charge in [-0.2, -0.15) is 0 Å². The van der Waals surface area contributed by atoms with E-state index in [1.54, 1.807) is 4.68 Å². The van der Waals surface area contributed by atoms with Gasteiger partial charge in [-0.3, -0.25) is 4.79 Å². The van der Waals surface area contributed by atoms with Gasteiger partial charge in [0.15, 0.2) is 0 Å². The molecule has 15 heavy (non-hydrogen) atoms. The minimum atomic E-state index is -0.0371. The van der Waals surface area contributed by atoms with Crippen molar-refractivity contribution in [2.24, 2.45) is 0 Å². The van der Waals surface area contributed by atoms with Crippen LogP contribution in [0.5, 0.6) is 0 Å². The first kappa shape index (κ1) is 8.40. The maximum absolute atomic E-state index is 11.1. The van der Waals surface area contributed by atoms with Crippen LogP contribution in [0.2, 0.25) is 0 Å². The van der Waals surface area contributed by atoms with Gasteiger partial charge in [0, 0.05) is 6.42 Å². The molecule has 1 N–H and O–H groups in total. The Morgan fingerprint density at radius 3 is 3.07 bits per heavy atom. The van der Waals surface area contributed by atoms with E-state index in [1.807, 2.05) is 24.3 Å². The summed E-state index contributed by atoms with van der Waals surface area (Å²) < 4.78 is 1.78. The molecule has 2 aromatic rings. The van der Waals surface area contributed by atoms with Gasteiger partial charge in [0.1, 0.15) is 11.7 Å². The number of hydrogen-bond donors (Lipinski definition) is 1. The highest BCUT2D eigenvalue weighted by molar-refractivity contribution is 5.79. The summed E-state index contributed by atoms with van der Waals surface area (Å²) in [7, 11) is 0. The normalized spacial score (nSPS) is 20.8. The van der Waals surface area contributed by atoms with Crippen molar-refractivity contribution in [1.82, 2.24) is 20.3 Å². The first-order chi connectivity index (χ1) is 7.34. The Kier molecular flexibility index (Phi) is 1.71. The van der Waals surface area contributed by atoms with Crippen molar-refractivity contribution in [1.29, 1.82) is 0 Å². The third kappa shape index (κ3) is 1.27. The highest BCUT2D eigenvalue weighted by atomic mass is 16.2. The number of carbonyl (C=O) groups is 1. The van der Waals surface area contributed by atoms with Crippen molar-refractivity contribution in [2.45, 2.75) is 19.0 Å². The predicted octanol–water partition coefficient (Wildman–Crippen LogP) is 0.840. The minimum Gasteiger partial charge on any atom is -0.334 e. The summed E-state index contributed by atoms with van der Waals surface area (Å²) in [6.45, 7) is 0. The topological polar surface area (TPSA) is 59.8 Å². The van der Waals surface area contributed by atoms with Crippen molar-refractivity contribution in [3.8, 4) is 0 Å². The van der Waals surface area contributed by atoms with Gasteiger partial charge in [-0.1, -0.05) is 17.3 Å². The first-order valence-corrected chi connectivity index (χ1v) is 4.94. The van der Waals surface area contributed by atoms with Crippen LogP contribution in [0.15, 0.2) is 24.3 Å². The zero-order valence-electron chi connectivity index (χ0n) is 8.05. The van der Waals surface area contributed by atoms with Crippen molar-refractivity contribution in [3.63, 3.8) is 0 Å². The summed E-state index contributed by atoms with van der Waals surface area (Å²) in [6.07, 6.45) is 1.32. The number of nitrogens with zero attached hydrogens (tertiary/aromatic N) is 3. The fraction of sp³-hybridized carbons (Fsp3) is 0.300. The lowest BCUT2D eigenvalue weighted by atomic mass is 10.3. The number of amides is 1. The highest BCUT2D eigenvalue weighted by Gasteiger charge is 2.24. The number of carbonyl (C=O) groups excluding carboxylic acids is 1. The average Bonchev–Trinajstić information content (AvgIpc) is 2.83. The maximum Gasteiger partial charge on any atom is 0.221 e. The smallest absolute Gasteiger partial charge is 0.221 e. The van der Waals surface area contributed by atoms with E-state index in [0.717, 1.165) is 17.5 Å². The molecule has 0 aliphatic carbocycles. The largest absolute Gasteiger partial charge is 0.334 e. The lowest BCUT2D eigenvalue weighted by Crippen LogP contribution is -2.24. The molecule has 5 nitrogen and oxygen atoms in total. The second kappa shape index (κ2) is 3.05. The minimum absolute atomic E-state index is 0.0371. The van der Waals surface area contributed by atoms with E-state index in [9.17, 15) is 4.79 Å². The molecule has 0 radical (unpaired) electrons. The third-order valence-electron chi connectivity index (χ3n) is 2.65. The summed E-state index contributed by atoms with van der Waals surface area (Å²) in [6, 6.07) is 7.74. The zero-order valence-corrected chi connectivity index (χ0v) is 8.05. The Morgan fingerprint density at radius 1 is 1.40 bits per heavy atom. The molecule has 76 valence electrons. The molecule has 1 saturated heterocycles. The Bertz CT molecular complexity index is 519. The van der Waals surface area contributed by atoms with E-state index in [0.29, 0.717) is 6.42 Å². The summed E-state index contributed by atoms with van der Waals surface area (Å²) in [5.74, 6) is 0.0829. The van der Waals surface area contributed by atoms with Gasteiger partial charge in [0.25, 0.3) is 0 Å². The third-order valence-corrected chi connectivity index (χ3v) is 2.65. The van der Waals surface area contributed by atoms with Gasteiger partial charge < -0.3 is 5.32 Å². The number of fused-ring (bicyclic) bond motifs is 1. The fourth-order valence-electron chi connectivity index (χ4n) is 1.90. The average molecular weight is 202 g/mol. The molecule has 1 aliphatic heterocycles.